The zero-order valence-electron chi connectivity index (χ0n) is 25.4. The van der Waals surface area contributed by atoms with Crippen molar-refractivity contribution in [1.82, 2.24) is 10.3 Å². The Balaban J connectivity index is 0.00000235. The van der Waals surface area contributed by atoms with E-state index >= 15 is 4.39 Å². The number of oxazole rings is 1. The summed E-state index contributed by atoms with van der Waals surface area (Å²) >= 11 is 3.38. The first-order valence-electron chi connectivity index (χ1n) is 14.5. The van der Waals surface area contributed by atoms with Crippen LogP contribution in [0.4, 0.5) is 15.8 Å². The normalized spacial score (nSPS) is 10.5. The molecule has 1 aromatic heterocycles. The number of halogens is 2. The van der Waals surface area contributed by atoms with Crippen LogP contribution in [-0.4, -0.2) is 47.5 Å². The summed E-state index contributed by atoms with van der Waals surface area (Å²) in [5.74, 6) is -0.248. The Labute approximate surface area is 274 Å². The van der Waals surface area contributed by atoms with Gasteiger partial charge in [0, 0.05) is 23.4 Å². The van der Waals surface area contributed by atoms with Crippen LogP contribution >= 0.6 is 15.9 Å². The molecule has 238 valence electrons. The van der Waals surface area contributed by atoms with Gasteiger partial charge in [0.05, 0.1) is 30.1 Å². The average molecular weight is 691 g/mol. The summed E-state index contributed by atoms with van der Waals surface area (Å²) in [4.78, 5) is 29.0. The Morgan fingerprint density at radius 1 is 0.978 bits per heavy atom. The Kier molecular flexibility index (Phi) is 11.9. The van der Waals surface area contributed by atoms with E-state index in [0.29, 0.717) is 55.9 Å². The van der Waals surface area contributed by atoms with Crippen LogP contribution in [0.15, 0.2) is 87.8 Å². The van der Waals surface area contributed by atoms with Crippen LogP contribution in [0.25, 0.3) is 22.6 Å². The monoisotopic (exact) mass is 690 g/mol. The highest BCUT2D eigenvalue weighted by molar-refractivity contribution is 9.10. The predicted octanol–water partition coefficient (Wildman–Crippen LogP) is 5.97. The van der Waals surface area contributed by atoms with Crippen LogP contribution in [0.1, 0.15) is 35.3 Å². The first-order valence-corrected chi connectivity index (χ1v) is 15.3. The van der Waals surface area contributed by atoms with E-state index in [1.54, 1.807) is 67.8 Å². The zero-order valence-corrected chi connectivity index (χ0v) is 27.0. The fraction of sp³-hybridized carbons (Fsp3) is 0.182. The van der Waals surface area contributed by atoms with Crippen molar-refractivity contribution in [3.8, 4) is 17.2 Å². The highest BCUT2D eigenvalue weighted by Crippen LogP contribution is 2.29. The number of nitrogens with one attached hydrogen (secondary N) is 3. The Morgan fingerprint density at radius 2 is 1.72 bits per heavy atom. The number of fused-ring (bicyclic) bond motifs is 1. The molecule has 0 spiro atoms. The lowest BCUT2D eigenvalue weighted by atomic mass is 9.92. The van der Waals surface area contributed by atoms with Crippen LogP contribution in [0.3, 0.4) is 0 Å². The van der Waals surface area contributed by atoms with Gasteiger partial charge in [-0.25, -0.2) is 9.37 Å². The number of methoxy groups -OCH3 is 1. The van der Waals surface area contributed by atoms with Crippen molar-refractivity contribution in [3.05, 3.63) is 106 Å². The maximum Gasteiger partial charge on any atom is 0.472 e. The van der Waals surface area contributed by atoms with Crippen LogP contribution in [0, 0.1) is 5.82 Å². The summed E-state index contributed by atoms with van der Waals surface area (Å²) in [6, 6.07) is 22.0. The molecule has 4 aromatic carbocycles. The quantitative estimate of drug-likeness (QED) is 0.107. The molecule has 1 heterocycles. The molecule has 0 saturated carbocycles. The minimum absolute atomic E-state index is 0.0269. The summed E-state index contributed by atoms with van der Waals surface area (Å²) in [7, 11) is -0.0665. The van der Waals surface area contributed by atoms with Crippen molar-refractivity contribution in [2.24, 2.45) is 0 Å². The van der Waals surface area contributed by atoms with Gasteiger partial charge in [-0.05, 0) is 87.7 Å². The fourth-order valence-corrected chi connectivity index (χ4v) is 4.91. The third-order valence-electron chi connectivity index (χ3n) is 6.62. The number of anilines is 2. The molecule has 5 aromatic rings. The Morgan fingerprint density at radius 3 is 2.39 bits per heavy atom. The highest BCUT2D eigenvalue weighted by atomic mass is 79.9. The van der Waals surface area contributed by atoms with Gasteiger partial charge in [-0.3, -0.25) is 9.59 Å². The molecule has 10 nitrogen and oxygen atoms in total. The van der Waals surface area contributed by atoms with Crippen LogP contribution in [0.5, 0.6) is 5.75 Å². The number of aromatic nitrogens is 1. The number of amides is 2. The predicted molar refractivity (Wildman–Crippen MR) is 180 cm³/mol. The minimum atomic E-state index is -1.62. The standard InChI is InChI=1S/C31H27BBrFN4O6.C2H6/c1-43-27-11-6-20(14-23(27)33)30(40)37-22-7-2-18(3-8-22)16-35-25-9-5-21(15-24(25)34)31-38-26-12-19(4-10-28(26)44-31)13-29(39)36-17-32(41)42;1-2/h2-12,14-15,35,41-42H,13,16-17H2,1H3,(H,36,39)(H,37,40);1-2H3. The highest BCUT2D eigenvalue weighted by Gasteiger charge is 2.14. The van der Waals surface area contributed by atoms with Gasteiger partial charge >= 0.3 is 7.12 Å². The molecule has 0 fully saturated rings. The van der Waals surface area contributed by atoms with Gasteiger partial charge < -0.3 is 35.2 Å². The van der Waals surface area contributed by atoms with Gasteiger partial charge in [0.1, 0.15) is 17.1 Å². The summed E-state index contributed by atoms with van der Waals surface area (Å²) in [6.45, 7) is 4.35. The van der Waals surface area contributed by atoms with E-state index < -0.39 is 12.9 Å². The molecule has 5 rings (SSSR count). The van der Waals surface area contributed by atoms with Crippen molar-refractivity contribution >= 4 is 57.3 Å². The minimum Gasteiger partial charge on any atom is -0.496 e. The zero-order chi connectivity index (χ0) is 33.2. The third kappa shape index (κ3) is 8.93. The molecular formula is C33H33BBrFN4O6. The third-order valence-corrected chi connectivity index (χ3v) is 7.24. The maximum atomic E-state index is 15.0. The van der Waals surface area contributed by atoms with Crippen molar-refractivity contribution in [1.29, 1.82) is 0 Å². The SMILES string of the molecule is CC.COc1ccc(C(=O)Nc2ccc(CNc3ccc(-c4nc5cc(CC(=O)NCB(O)O)ccc5o4)cc3F)cc2)cc1Br. The van der Waals surface area contributed by atoms with Gasteiger partial charge in [-0.15, -0.1) is 0 Å². The maximum absolute atomic E-state index is 15.0. The van der Waals surface area contributed by atoms with E-state index in [2.05, 4.69) is 36.9 Å². The van der Waals surface area contributed by atoms with Gasteiger partial charge in [-0.1, -0.05) is 32.0 Å². The van der Waals surface area contributed by atoms with Crippen LogP contribution < -0.4 is 20.7 Å². The van der Waals surface area contributed by atoms with Gasteiger partial charge in [-0.2, -0.15) is 0 Å². The lowest BCUT2D eigenvalue weighted by molar-refractivity contribution is -0.120. The summed E-state index contributed by atoms with van der Waals surface area (Å²) < 4.78 is 26.7. The second-order valence-corrected chi connectivity index (χ2v) is 10.7. The Bertz CT molecular complexity index is 1820. The second kappa shape index (κ2) is 16.0. The van der Waals surface area contributed by atoms with Gasteiger partial charge in [0.2, 0.25) is 11.8 Å². The van der Waals surface area contributed by atoms with E-state index in [4.69, 9.17) is 19.2 Å². The van der Waals surface area contributed by atoms with Crippen molar-refractivity contribution in [2.45, 2.75) is 26.8 Å². The number of hydrogen-bond donors (Lipinski definition) is 5. The second-order valence-electron chi connectivity index (χ2n) is 9.83. The van der Waals surface area contributed by atoms with Crippen molar-refractivity contribution < 1.29 is 33.2 Å². The fourth-order valence-electron chi connectivity index (χ4n) is 4.37. The number of ether oxygens (including phenoxy) is 1. The topological polar surface area (TPSA) is 146 Å². The van der Waals surface area contributed by atoms with E-state index in [1.807, 2.05) is 26.0 Å². The Hall–Kier alpha value is -4.72. The molecule has 0 aliphatic rings. The molecule has 13 heteroatoms. The number of hydrogen-bond acceptors (Lipinski definition) is 8. The van der Waals surface area contributed by atoms with Gasteiger partial charge in [0.15, 0.2) is 5.58 Å². The number of benzene rings is 4. The van der Waals surface area contributed by atoms with Crippen molar-refractivity contribution in [2.75, 3.05) is 24.2 Å². The molecule has 0 aliphatic carbocycles. The molecular weight excluding hydrogens is 658 g/mol. The summed E-state index contributed by atoms with van der Waals surface area (Å²) in [5, 5.41) is 26.1. The van der Waals surface area contributed by atoms with Crippen LogP contribution in [0.2, 0.25) is 0 Å². The number of rotatable bonds is 11. The van der Waals surface area contributed by atoms with E-state index in [9.17, 15) is 9.59 Å². The van der Waals surface area contributed by atoms with Crippen LogP contribution in [-0.2, 0) is 17.8 Å². The average Bonchev–Trinajstić information content (AvgIpc) is 3.48. The lowest BCUT2D eigenvalue weighted by Gasteiger charge is -2.10. The molecule has 0 radical (unpaired) electrons. The molecule has 5 N–H and O–H groups in total. The smallest absolute Gasteiger partial charge is 0.472 e. The molecule has 0 unspecified atom stereocenters. The first-order chi connectivity index (χ1) is 22.2. The van der Waals surface area contributed by atoms with E-state index in [1.165, 1.54) is 6.07 Å². The number of nitrogens with zero attached hydrogens (tertiary/aromatic N) is 1. The largest absolute Gasteiger partial charge is 0.496 e. The molecule has 46 heavy (non-hydrogen) atoms. The number of carbonyl (C=O) groups is 2. The molecule has 0 aliphatic heterocycles. The van der Waals surface area contributed by atoms with Crippen molar-refractivity contribution in [3.63, 3.8) is 0 Å². The first kappa shape index (κ1) is 34.2. The summed E-state index contributed by atoms with van der Waals surface area (Å²) in [6.07, 6.45) is -0.235. The molecule has 0 atom stereocenters. The van der Waals surface area contributed by atoms with Gasteiger partial charge in [0.25, 0.3) is 5.91 Å². The van der Waals surface area contributed by atoms with E-state index in [-0.39, 0.29) is 30.6 Å². The molecule has 0 saturated heterocycles. The molecule has 0 bridgehead atoms. The van der Waals surface area contributed by atoms with E-state index in [0.717, 1.165) is 5.56 Å². The summed E-state index contributed by atoms with van der Waals surface area (Å²) in [5.41, 5.74) is 4.38. The molecule has 2 amide bonds. The lowest BCUT2D eigenvalue weighted by Crippen LogP contribution is -2.35. The number of carbonyl (C=O) groups excluding carboxylic acids is 2.